The number of amides is 3. The predicted molar refractivity (Wildman–Crippen MR) is 187 cm³/mol. The van der Waals surface area contributed by atoms with Gasteiger partial charge < -0.3 is 19.8 Å². The normalized spacial score (nSPS) is 26.2. The second kappa shape index (κ2) is 14.8. The fraction of sp³-hybridized carbons (Fsp3) is 0.486. The van der Waals surface area contributed by atoms with Gasteiger partial charge in [-0.05, 0) is 49.3 Å². The minimum atomic E-state index is -0.747. The second-order valence-electron chi connectivity index (χ2n) is 12.9. The summed E-state index contributed by atoms with van der Waals surface area (Å²) < 4.78 is -0.745. The monoisotopic (exact) mass is 663 g/mol. The minimum Gasteiger partial charge on any atom is -0.396 e. The van der Waals surface area contributed by atoms with E-state index in [-0.39, 0.29) is 42.0 Å². The van der Waals surface area contributed by atoms with Gasteiger partial charge in [0.1, 0.15) is 6.04 Å². The molecular formula is C37H46ClN3O4S. The predicted octanol–water partition coefficient (Wildman–Crippen LogP) is 6.27. The quantitative estimate of drug-likeness (QED) is 0.179. The van der Waals surface area contributed by atoms with Crippen LogP contribution in [0.2, 0.25) is 5.02 Å². The molecule has 0 radical (unpaired) electrons. The molecule has 3 heterocycles. The Morgan fingerprint density at radius 2 is 1.76 bits per heavy atom. The molecule has 1 spiro atoms. The van der Waals surface area contributed by atoms with Crippen LogP contribution in [0.25, 0.3) is 0 Å². The number of benzene rings is 2. The second-order valence-corrected chi connectivity index (χ2v) is 14.8. The highest BCUT2D eigenvalue weighted by Gasteiger charge is 2.76. The van der Waals surface area contributed by atoms with Crippen molar-refractivity contribution in [3.8, 4) is 0 Å². The molecule has 7 nitrogen and oxygen atoms in total. The molecular weight excluding hydrogens is 618 g/mol. The lowest BCUT2D eigenvalue weighted by Gasteiger charge is -2.41. The SMILES string of the molecule is C=CCN(Cc1ccccc1)C(=O)[C@@H]1[C@@H]2CC(C)C3(S2)C(C(=O)N(CC=C)c2c(C)cccc2Cl)N(CCCCCCO)C(=O)[C@H]13. The standard InChI is InChI=1S/C37H46ClN3O4S/c1-5-19-39(24-27-16-10-9-11-17-27)34(43)30-29-23-26(4)37(46-29)31(30)35(44)41(21-12-7-8-13-22-42)33(37)36(45)40(20-6-2)32-25(3)15-14-18-28(32)38/h5-6,9-11,14-18,26,29-31,33,42H,1-2,7-8,12-13,19-24H2,3-4H3/t26?,29-,30+,31-,33?,37?/m0/s1. The van der Waals surface area contributed by atoms with E-state index in [9.17, 15) is 14.7 Å². The van der Waals surface area contributed by atoms with E-state index < -0.39 is 22.6 Å². The van der Waals surface area contributed by atoms with Crippen molar-refractivity contribution >= 4 is 46.8 Å². The molecule has 246 valence electrons. The van der Waals surface area contributed by atoms with Crippen molar-refractivity contribution in [3.63, 3.8) is 0 Å². The number of nitrogens with zero attached hydrogens (tertiary/aromatic N) is 3. The Labute approximate surface area is 282 Å². The molecule has 3 aliphatic rings. The van der Waals surface area contributed by atoms with Crippen LogP contribution in [0, 0.1) is 24.7 Å². The molecule has 2 aromatic rings. The van der Waals surface area contributed by atoms with Gasteiger partial charge in [0.05, 0.1) is 27.3 Å². The van der Waals surface area contributed by atoms with Crippen LogP contribution in [0.15, 0.2) is 73.8 Å². The van der Waals surface area contributed by atoms with E-state index in [0.717, 1.165) is 30.4 Å². The van der Waals surface area contributed by atoms with Crippen LogP contribution in [0.4, 0.5) is 5.69 Å². The number of carbonyl (C=O) groups excluding carboxylic acids is 3. The molecule has 3 fully saturated rings. The van der Waals surface area contributed by atoms with Crippen LogP contribution in [0.3, 0.4) is 0 Å². The maximum absolute atomic E-state index is 15.0. The third kappa shape index (κ3) is 6.16. The Bertz CT molecular complexity index is 1430. The molecule has 9 heteroatoms. The van der Waals surface area contributed by atoms with Gasteiger partial charge in [-0.3, -0.25) is 14.4 Å². The molecule has 0 aromatic heterocycles. The van der Waals surface area contributed by atoms with Gasteiger partial charge in [-0.25, -0.2) is 0 Å². The Morgan fingerprint density at radius 1 is 1.04 bits per heavy atom. The van der Waals surface area contributed by atoms with E-state index in [4.69, 9.17) is 11.6 Å². The lowest BCUT2D eigenvalue weighted by Crippen LogP contribution is -2.57. The van der Waals surface area contributed by atoms with Crippen molar-refractivity contribution in [3.05, 3.63) is 90.0 Å². The van der Waals surface area contributed by atoms with Crippen LogP contribution in [0.5, 0.6) is 0 Å². The minimum absolute atomic E-state index is 0.0470. The van der Waals surface area contributed by atoms with E-state index >= 15 is 4.79 Å². The highest BCUT2D eigenvalue weighted by atomic mass is 35.5. The molecule has 5 rings (SSSR count). The first-order valence-electron chi connectivity index (χ1n) is 16.4. The van der Waals surface area contributed by atoms with Crippen molar-refractivity contribution in [2.24, 2.45) is 17.8 Å². The van der Waals surface area contributed by atoms with Gasteiger partial charge in [-0.1, -0.05) is 86.0 Å². The van der Waals surface area contributed by atoms with Gasteiger partial charge in [0, 0.05) is 38.0 Å². The number of hydrogen-bond donors (Lipinski definition) is 1. The Hall–Kier alpha value is -3.07. The molecule has 3 aliphatic heterocycles. The van der Waals surface area contributed by atoms with Crippen molar-refractivity contribution < 1.29 is 19.5 Å². The number of anilines is 1. The zero-order chi connectivity index (χ0) is 33.0. The number of carbonyl (C=O) groups is 3. The average Bonchev–Trinajstić information content (AvgIpc) is 3.63. The van der Waals surface area contributed by atoms with E-state index in [1.54, 1.807) is 39.8 Å². The highest BCUT2D eigenvalue weighted by molar-refractivity contribution is 8.02. The van der Waals surface area contributed by atoms with Crippen LogP contribution in [0.1, 0.15) is 50.2 Å². The summed E-state index contributed by atoms with van der Waals surface area (Å²) >= 11 is 8.42. The summed E-state index contributed by atoms with van der Waals surface area (Å²) in [6.07, 6.45) is 7.28. The first-order chi connectivity index (χ1) is 22.2. The van der Waals surface area contributed by atoms with Gasteiger partial charge in [-0.2, -0.15) is 0 Å². The van der Waals surface area contributed by atoms with Gasteiger partial charge >= 0.3 is 0 Å². The van der Waals surface area contributed by atoms with Gasteiger partial charge in [0.15, 0.2) is 0 Å². The van der Waals surface area contributed by atoms with E-state index in [2.05, 4.69) is 20.1 Å². The van der Waals surface area contributed by atoms with Crippen LogP contribution >= 0.6 is 23.4 Å². The van der Waals surface area contributed by atoms with E-state index in [1.165, 1.54) is 0 Å². The Morgan fingerprint density at radius 3 is 2.43 bits per heavy atom. The molecule has 1 N–H and O–H groups in total. The molecule has 46 heavy (non-hydrogen) atoms. The summed E-state index contributed by atoms with van der Waals surface area (Å²) in [7, 11) is 0. The van der Waals surface area contributed by atoms with Gasteiger partial charge in [0.2, 0.25) is 11.8 Å². The fourth-order valence-electron chi connectivity index (χ4n) is 8.00. The van der Waals surface area contributed by atoms with Crippen LogP contribution in [-0.2, 0) is 20.9 Å². The molecule has 6 atom stereocenters. The average molecular weight is 664 g/mol. The number of rotatable bonds is 15. The summed E-state index contributed by atoms with van der Waals surface area (Å²) in [6, 6.07) is 14.7. The fourth-order valence-corrected chi connectivity index (χ4v) is 10.7. The lowest BCUT2D eigenvalue weighted by molar-refractivity contribution is -0.144. The molecule has 0 saturated carbocycles. The summed E-state index contributed by atoms with van der Waals surface area (Å²) in [6.45, 7) is 13.5. The zero-order valence-electron chi connectivity index (χ0n) is 26.9. The lowest BCUT2D eigenvalue weighted by atomic mass is 9.65. The number of unbranched alkanes of at least 4 members (excludes halogenated alkanes) is 3. The molecule has 3 saturated heterocycles. The topological polar surface area (TPSA) is 81.2 Å². The maximum Gasteiger partial charge on any atom is 0.251 e. The number of likely N-dealkylation sites (tertiary alicyclic amines) is 1. The maximum atomic E-state index is 15.0. The third-order valence-electron chi connectivity index (χ3n) is 9.99. The number of aliphatic hydroxyl groups excluding tert-OH is 1. The Balaban J connectivity index is 1.55. The first kappa shape index (κ1) is 34.3. The summed E-state index contributed by atoms with van der Waals surface area (Å²) in [4.78, 5) is 49.6. The number of aliphatic hydroxyl groups is 1. The molecule has 0 aliphatic carbocycles. The largest absolute Gasteiger partial charge is 0.396 e. The van der Waals surface area contributed by atoms with E-state index in [1.807, 2.05) is 54.3 Å². The molecule has 3 unspecified atom stereocenters. The number of aryl methyl sites for hydroxylation is 1. The zero-order valence-corrected chi connectivity index (χ0v) is 28.5. The molecule has 2 bridgehead atoms. The number of hydrogen-bond acceptors (Lipinski definition) is 5. The summed E-state index contributed by atoms with van der Waals surface area (Å²) in [5, 5.41) is 9.69. The Kier molecular flexibility index (Phi) is 11.0. The summed E-state index contributed by atoms with van der Waals surface area (Å²) in [5.41, 5.74) is 2.51. The first-order valence-corrected chi connectivity index (χ1v) is 17.7. The highest BCUT2D eigenvalue weighted by Crippen LogP contribution is 2.69. The molecule has 3 amide bonds. The number of thioether (sulfide) groups is 1. The van der Waals surface area contributed by atoms with Crippen molar-refractivity contribution in [2.45, 2.75) is 68.5 Å². The van der Waals surface area contributed by atoms with Crippen LogP contribution < -0.4 is 4.90 Å². The number of para-hydroxylation sites is 1. The summed E-state index contributed by atoms with van der Waals surface area (Å²) in [5.74, 6) is -1.41. The van der Waals surface area contributed by atoms with Crippen molar-refractivity contribution in [1.82, 2.24) is 9.80 Å². The van der Waals surface area contributed by atoms with Crippen molar-refractivity contribution in [1.29, 1.82) is 0 Å². The van der Waals surface area contributed by atoms with E-state index in [0.29, 0.717) is 43.2 Å². The van der Waals surface area contributed by atoms with Gasteiger partial charge in [0.25, 0.3) is 5.91 Å². The number of fused-ring (bicyclic) bond motifs is 1. The van der Waals surface area contributed by atoms with Crippen molar-refractivity contribution in [2.75, 3.05) is 31.1 Å². The van der Waals surface area contributed by atoms with Crippen LogP contribution in [-0.4, -0.2) is 74.9 Å². The third-order valence-corrected chi connectivity index (χ3v) is 12.4. The van der Waals surface area contributed by atoms with Gasteiger partial charge in [-0.15, -0.1) is 24.9 Å². The smallest absolute Gasteiger partial charge is 0.251 e. The number of halogens is 1. The molecule has 2 aromatic carbocycles.